The smallest absolute Gasteiger partial charge is 0.234 e. The van der Waals surface area contributed by atoms with Crippen molar-refractivity contribution in [3.05, 3.63) is 60.9 Å². The average Bonchev–Trinajstić information content (AvgIpc) is 3.09. The van der Waals surface area contributed by atoms with Gasteiger partial charge in [-0.1, -0.05) is 30.0 Å². The van der Waals surface area contributed by atoms with Crippen LogP contribution in [0, 0.1) is 0 Å². The molecular formula is C17H16N4O3S2. The van der Waals surface area contributed by atoms with Gasteiger partial charge in [-0.15, -0.1) is 10.2 Å². The molecule has 0 fully saturated rings. The van der Waals surface area contributed by atoms with Crippen LogP contribution in [-0.4, -0.2) is 41.1 Å². The lowest BCUT2D eigenvalue weighted by Crippen LogP contribution is -2.14. The van der Waals surface area contributed by atoms with E-state index in [1.54, 1.807) is 23.0 Å². The van der Waals surface area contributed by atoms with Crippen LogP contribution in [-0.2, 0) is 14.6 Å². The van der Waals surface area contributed by atoms with Gasteiger partial charge in [0.15, 0.2) is 15.0 Å². The summed E-state index contributed by atoms with van der Waals surface area (Å²) in [6.45, 7) is 0. The van der Waals surface area contributed by atoms with Crippen LogP contribution >= 0.6 is 11.8 Å². The van der Waals surface area contributed by atoms with Gasteiger partial charge in [0.1, 0.15) is 6.33 Å². The number of aromatic nitrogens is 3. The van der Waals surface area contributed by atoms with Crippen LogP contribution in [0.5, 0.6) is 0 Å². The molecule has 3 rings (SSSR count). The number of sulfone groups is 1. The van der Waals surface area contributed by atoms with E-state index in [2.05, 4.69) is 15.5 Å². The highest BCUT2D eigenvalue weighted by atomic mass is 32.2. The van der Waals surface area contributed by atoms with Gasteiger partial charge < -0.3 is 5.32 Å². The topological polar surface area (TPSA) is 93.9 Å². The predicted octanol–water partition coefficient (Wildman–Crippen LogP) is 2.40. The van der Waals surface area contributed by atoms with Crippen molar-refractivity contribution in [1.29, 1.82) is 0 Å². The predicted molar refractivity (Wildman–Crippen MR) is 100 cm³/mol. The summed E-state index contributed by atoms with van der Waals surface area (Å²) in [6.07, 6.45) is 2.74. The molecule has 2 aromatic carbocycles. The molecule has 0 spiro atoms. The highest BCUT2D eigenvalue weighted by molar-refractivity contribution is 7.99. The Morgan fingerprint density at radius 2 is 1.81 bits per heavy atom. The van der Waals surface area contributed by atoms with Crippen molar-refractivity contribution >= 4 is 33.2 Å². The highest BCUT2D eigenvalue weighted by Gasteiger charge is 2.11. The number of carbonyl (C=O) groups is 1. The van der Waals surface area contributed by atoms with Gasteiger partial charge in [0.2, 0.25) is 5.91 Å². The fourth-order valence-electron chi connectivity index (χ4n) is 2.20. The summed E-state index contributed by atoms with van der Waals surface area (Å²) >= 11 is 1.26. The number of hydrogen-bond acceptors (Lipinski definition) is 6. The Balaban J connectivity index is 1.61. The van der Waals surface area contributed by atoms with E-state index in [0.29, 0.717) is 10.8 Å². The number of amides is 1. The third-order valence-corrected chi connectivity index (χ3v) is 5.52. The summed E-state index contributed by atoms with van der Waals surface area (Å²) in [6, 6.07) is 15.6. The molecule has 1 amide bonds. The summed E-state index contributed by atoms with van der Waals surface area (Å²) in [5.41, 5.74) is 1.45. The molecule has 1 heterocycles. The Hall–Kier alpha value is -2.65. The van der Waals surface area contributed by atoms with Crippen LogP contribution < -0.4 is 5.32 Å². The van der Waals surface area contributed by atoms with Gasteiger partial charge in [-0.2, -0.15) is 0 Å². The maximum atomic E-state index is 12.1. The number of thioether (sulfide) groups is 1. The van der Waals surface area contributed by atoms with Crippen molar-refractivity contribution in [2.24, 2.45) is 0 Å². The molecule has 7 nitrogen and oxygen atoms in total. The second-order valence-electron chi connectivity index (χ2n) is 5.45. The second kappa shape index (κ2) is 7.71. The number of nitrogens with zero attached hydrogens (tertiary/aromatic N) is 3. The van der Waals surface area contributed by atoms with Crippen LogP contribution in [0.2, 0.25) is 0 Å². The number of nitrogens with one attached hydrogen (secondary N) is 1. The molecule has 0 atom stereocenters. The van der Waals surface area contributed by atoms with Gasteiger partial charge in [-0.25, -0.2) is 8.42 Å². The van der Waals surface area contributed by atoms with E-state index in [0.717, 1.165) is 11.9 Å². The first-order valence-electron chi connectivity index (χ1n) is 7.62. The molecule has 0 aliphatic rings. The van der Waals surface area contributed by atoms with Crippen molar-refractivity contribution in [2.75, 3.05) is 17.3 Å². The summed E-state index contributed by atoms with van der Waals surface area (Å²) < 4.78 is 24.7. The SMILES string of the molecule is CS(=O)(=O)c1ccc(NC(=O)CSc2nncn2-c2ccccc2)cc1. The van der Waals surface area contributed by atoms with Crippen LogP contribution in [0.1, 0.15) is 0 Å². The minimum atomic E-state index is -3.25. The first kappa shape index (κ1) is 18.2. The second-order valence-corrected chi connectivity index (χ2v) is 8.41. The molecule has 0 saturated heterocycles. The maximum Gasteiger partial charge on any atom is 0.234 e. The lowest BCUT2D eigenvalue weighted by atomic mass is 10.3. The number of carbonyl (C=O) groups excluding carboxylic acids is 1. The van der Waals surface area contributed by atoms with Crippen molar-refractivity contribution in [2.45, 2.75) is 10.1 Å². The Morgan fingerprint density at radius 3 is 2.46 bits per heavy atom. The zero-order valence-corrected chi connectivity index (χ0v) is 15.5. The monoisotopic (exact) mass is 388 g/mol. The standard InChI is InChI=1S/C17H16N4O3S2/c1-26(23,24)15-9-7-13(8-10-15)19-16(22)11-25-17-20-18-12-21(17)14-5-3-2-4-6-14/h2-10,12H,11H2,1H3,(H,19,22). The van der Waals surface area contributed by atoms with Crippen LogP contribution in [0.4, 0.5) is 5.69 Å². The Labute approximate surface area is 155 Å². The molecule has 9 heteroatoms. The summed E-state index contributed by atoms with van der Waals surface area (Å²) in [5, 5.41) is 11.3. The Morgan fingerprint density at radius 1 is 1.12 bits per heavy atom. The third-order valence-electron chi connectivity index (χ3n) is 3.45. The number of benzene rings is 2. The minimum absolute atomic E-state index is 0.152. The number of para-hydroxylation sites is 1. The zero-order valence-electron chi connectivity index (χ0n) is 13.9. The largest absolute Gasteiger partial charge is 0.325 e. The number of hydrogen-bond donors (Lipinski definition) is 1. The summed E-state index contributed by atoms with van der Waals surface area (Å²) in [4.78, 5) is 12.3. The van der Waals surface area contributed by atoms with E-state index in [4.69, 9.17) is 0 Å². The summed E-state index contributed by atoms with van der Waals surface area (Å²) in [7, 11) is -3.25. The van der Waals surface area contributed by atoms with Gasteiger partial charge >= 0.3 is 0 Å². The quantitative estimate of drug-likeness (QED) is 0.652. The molecular weight excluding hydrogens is 372 g/mol. The van der Waals surface area contributed by atoms with Crippen molar-refractivity contribution in [3.63, 3.8) is 0 Å². The third kappa shape index (κ3) is 4.50. The number of rotatable bonds is 6. The average molecular weight is 388 g/mol. The molecule has 134 valence electrons. The Kier molecular flexibility index (Phi) is 5.38. The highest BCUT2D eigenvalue weighted by Crippen LogP contribution is 2.20. The van der Waals surface area contributed by atoms with Crippen LogP contribution in [0.3, 0.4) is 0 Å². The maximum absolute atomic E-state index is 12.1. The van der Waals surface area contributed by atoms with E-state index < -0.39 is 9.84 Å². The fraction of sp³-hybridized carbons (Fsp3) is 0.118. The van der Waals surface area contributed by atoms with E-state index in [9.17, 15) is 13.2 Å². The van der Waals surface area contributed by atoms with Crippen molar-refractivity contribution in [1.82, 2.24) is 14.8 Å². The van der Waals surface area contributed by atoms with E-state index >= 15 is 0 Å². The molecule has 0 aliphatic heterocycles. The van der Waals surface area contributed by atoms with Gasteiger partial charge in [0.25, 0.3) is 0 Å². The lowest BCUT2D eigenvalue weighted by molar-refractivity contribution is -0.113. The Bertz CT molecular complexity index is 1000. The zero-order chi connectivity index (χ0) is 18.6. The molecule has 26 heavy (non-hydrogen) atoms. The van der Waals surface area contributed by atoms with E-state index in [1.165, 1.54) is 23.9 Å². The fourth-order valence-corrected chi connectivity index (χ4v) is 3.56. The van der Waals surface area contributed by atoms with Gasteiger partial charge in [-0.05, 0) is 36.4 Å². The molecule has 3 aromatic rings. The first-order valence-corrected chi connectivity index (χ1v) is 10.5. The van der Waals surface area contributed by atoms with E-state index in [-0.39, 0.29) is 16.6 Å². The minimum Gasteiger partial charge on any atom is -0.325 e. The molecule has 1 N–H and O–H groups in total. The van der Waals surface area contributed by atoms with Crippen molar-refractivity contribution < 1.29 is 13.2 Å². The molecule has 0 bridgehead atoms. The van der Waals surface area contributed by atoms with Gasteiger partial charge in [-0.3, -0.25) is 9.36 Å². The normalized spacial score (nSPS) is 11.3. The molecule has 0 unspecified atom stereocenters. The molecule has 1 aromatic heterocycles. The van der Waals surface area contributed by atoms with Gasteiger partial charge in [0, 0.05) is 17.6 Å². The lowest BCUT2D eigenvalue weighted by Gasteiger charge is -2.07. The summed E-state index contributed by atoms with van der Waals surface area (Å²) in [5.74, 6) is -0.0657. The molecule has 0 saturated carbocycles. The van der Waals surface area contributed by atoms with Crippen LogP contribution in [0.15, 0.2) is 71.0 Å². The first-order chi connectivity index (χ1) is 12.4. The molecule has 0 radical (unpaired) electrons. The molecule has 0 aliphatic carbocycles. The van der Waals surface area contributed by atoms with Gasteiger partial charge in [0.05, 0.1) is 10.6 Å². The van der Waals surface area contributed by atoms with Crippen LogP contribution in [0.25, 0.3) is 5.69 Å². The number of anilines is 1. The van der Waals surface area contributed by atoms with E-state index in [1.807, 2.05) is 30.3 Å². The van der Waals surface area contributed by atoms with Crippen molar-refractivity contribution in [3.8, 4) is 5.69 Å².